The van der Waals surface area contributed by atoms with E-state index in [0.717, 1.165) is 0 Å². The van der Waals surface area contributed by atoms with E-state index in [1.165, 1.54) is 0 Å². The van der Waals surface area contributed by atoms with Crippen molar-refractivity contribution < 1.29 is 24.6 Å². The van der Waals surface area contributed by atoms with Gasteiger partial charge in [0.05, 0.1) is 0 Å². The van der Waals surface area contributed by atoms with E-state index in [1.54, 1.807) is 20.8 Å². The molecule has 5 heteroatoms. The summed E-state index contributed by atoms with van der Waals surface area (Å²) >= 11 is 0. The second kappa shape index (κ2) is 6.37. The quantitative estimate of drug-likeness (QED) is 0.732. The lowest BCUT2D eigenvalue weighted by atomic mass is 9.72. The van der Waals surface area contributed by atoms with Crippen molar-refractivity contribution in [2.45, 2.75) is 54.4 Å². The molecule has 0 saturated carbocycles. The van der Waals surface area contributed by atoms with Crippen LogP contribution in [-0.4, -0.2) is 27.9 Å². The maximum absolute atomic E-state index is 12.4. The molecule has 0 heterocycles. The van der Waals surface area contributed by atoms with Crippen LogP contribution in [-0.2, 0) is 14.4 Å². The van der Waals surface area contributed by atoms with Crippen molar-refractivity contribution in [2.24, 2.45) is 22.7 Å². The molecule has 1 atom stereocenters. The molecule has 0 aromatic carbocycles. The van der Waals surface area contributed by atoms with Gasteiger partial charge in [0.1, 0.15) is 5.78 Å². The molecule has 0 rings (SSSR count). The average Bonchev–Trinajstić information content (AvgIpc) is 2.18. The Balaban J connectivity index is 5.28. The van der Waals surface area contributed by atoms with Crippen LogP contribution in [0.2, 0.25) is 0 Å². The van der Waals surface area contributed by atoms with Crippen LogP contribution in [0.1, 0.15) is 54.4 Å². The number of hydrogen-bond acceptors (Lipinski definition) is 3. The molecule has 0 saturated heterocycles. The maximum Gasteiger partial charge on any atom is 0.317 e. The number of Topliss-reactive ketones (excluding diaryl/α,β-unsaturated/α-hetero) is 1. The monoisotopic (exact) mass is 286 g/mol. The van der Waals surface area contributed by atoms with Gasteiger partial charge in [-0.25, -0.2) is 0 Å². The van der Waals surface area contributed by atoms with Gasteiger partial charge in [-0.05, 0) is 18.3 Å². The van der Waals surface area contributed by atoms with Crippen molar-refractivity contribution in [3.8, 4) is 0 Å². The molecule has 0 radical (unpaired) electrons. The molecule has 116 valence electrons. The van der Waals surface area contributed by atoms with Crippen LogP contribution in [0.4, 0.5) is 0 Å². The standard InChI is InChI=1S/C15H26O5/c1-14(2,3)8-9(11(16)15(4,5)6)7-10(12(17)18)13(19)20/h9-10H,7-8H2,1-6H3,(H,17,18)(H,19,20)/t9-/m1/s1. The number of carboxylic acid groups (broad SMARTS) is 2. The third-order valence-electron chi connectivity index (χ3n) is 3.09. The number of hydrogen-bond donors (Lipinski definition) is 2. The summed E-state index contributed by atoms with van der Waals surface area (Å²) in [6, 6.07) is 0. The Morgan fingerprint density at radius 2 is 1.30 bits per heavy atom. The zero-order chi connectivity index (χ0) is 16.3. The van der Waals surface area contributed by atoms with Crippen molar-refractivity contribution in [3.63, 3.8) is 0 Å². The number of rotatable bonds is 6. The minimum Gasteiger partial charge on any atom is -0.481 e. The van der Waals surface area contributed by atoms with Gasteiger partial charge >= 0.3 is 11.9 Å². The van der Waals surface area contributed by atoms with E-state index in [2.05, 4.69) is 0 Å². The van der Waals surface area contributed by atoms with Crippen LogP contribution in [0.15, 0.2) is 0 Å². The van der Waals surface area contributed by atoms with E-state index in [-0.39, 0.29) is 17.6 Å². The van der Waals surface area contributed by atoms with Gasteiger partial charge in [0.2, 0.25) is 0 Å². The van der Waals surface area contributed by atoms with E-state index in [4.69, 9.17) is 10.2 Å². The molecule has 0 aliphatic rings. The van der Waals surface area contributed by atoms with Gasteiger partial charge in [0, 0.05) is 11.3 Å². The normalized spacial score (nSPS) is 14.2. The molecular weight excluding hydrogens is 260 g/mol. The van der Waals surface area contributed by atoms with Crippen molar-refractivity contribution in [2.75, 3.05) is 0 Å². The first-order valence-corrected chi connectivity index (χ1v) is 6.75. The first kappa shape index (κ1) is 18.6. The smallest absolute Gasteiger partial charge is 0.317 e. The molecule has 0 aliphatic heterocycles. The van der Waals surface area contributed by atoms with Gasteiger partial charge in [0.15, 0.2) is 5.92 Å². The molecule has 0 aromatic heterocycles. The Hall–Kier alpha value is -1.39. The first-order chi connectivity index (χ1) is 8.75. The minimum absolute atomic E-state index is 0.0834. The third kappa shape index (κ3) is 6.17. The molecule has 5 nitrogen and oxygen atoms in total. The topological polar surface area (TPSA) is 91.7 Å². The highest BCUT2D eigenvalue weighted by molar-refractivity contribution is 5.94. The van der Waals surface area contributed by atoms with E-state index in [0.29, 0.717) is 6.42 Å². The molecule has 0 amide bonds. The fourth-order valence-corrected chi connectivity index (χ4v) is 2.23. The molecule has 20 heavy (non-hydrogen) atoms. The molecule has 0 bridgehead atoms. The Bertz CT molecular complexity index is 370. The van der Waals surface area contributed by atoms with Crippen molar-refractivity contribution in [1.82, 2.24) is 0 Å². The zero-order valence-electron chi connectivity index (χ0n) is 13.2. The lowest BCUT2D eigenvalue weighted by Crippen LogP contribution is -2.35. The fourth-order valence-electron chi connectivity index (χ4n) is 2.23. The number of carboxylic acids is 2. The Morgan fingerprint density at radius 3 is 1.55 bits per heavy atom. The van der Waals surface area contributed by atoms with Gasteiger partial charge in [-0.1, -0.05) is 41.5 Å². The second-order valence-electron chi connectivity index (χ2n) is 7.54. The average molecular weight is 286 g/mol. The highest BCUT2D eigenvalue weighted by Crippen LogP contribution is 2.34. The van der Waals surface area contributed by atoms with Gasteiger partial charge < -0.3 is 10.2 Å². The largest absolute Gasteiger partial charge is 0.481 e. The van der Waals surface area contributed by atoms with Crippen LogP contribution in [0.3, 0.4) is 0 Å². The van der Waals surface area contributed by atoms with Crippen molar-refractivity contribution >= 4 is 17.7 Å². The predicted molar refractivity (Wildman–Crippen MR) is 75.4 cm³/mol. The van der Waals surface area contributed by atoms with Crippen LogP contribution >= 0.6 is 0 Å². The van der Waals surface area contributed by atoms with Crippen molar-refractivity contribution in [3.05, 3.63) is 0 Å². The van der Waals surface area contributed by atoms with Crippen LogP contribution in [0.5, 0.6) is 0 Å². The molecule has 0 spiro atoms. The Labute approximate surface area is 120 Å². The number of carbonyl (C=O) groups is 3. The van der Waals surface area contributed by atoms with Gasteiger partial charge in [-0.3, -0.25) is 14.4 Å². The first-order valence-electron chi connectivity index (χ1n) is 6.75. The predicted octanol–water partition coefficient (Wildman–Crippen LogP) is 2.83. The van der Waals surface area contributed by atoms with Crippen LogP contribution in [0, 0.1) is 22.7 Å². The van der Waals surface area contributed by atoms with E-state index < -0.39 is 29.2 Å². The summed E-state index contributed by atoms with van der Waals surface area (Å²) in [5.74, 6) is -4.96. The summed E-state index contributed by atoms with van der Waals surface area (Å²) < 4.78 is 0. The highest BCUT2D eigenvalue weighted by atomic mass is 16.4. The Morgan fingerprint density at radius 1 is 0.900 bits per heavy atom. The van der Waals surface area contributed by atoms with E-state index in [9.17, 15) is 14.4 Å². The van der Waals surface area contributed by atoms with Gasteiger partial charge in [0.25, 0.3) is 0 Å². The summed E-state index contributed by atoms with van der Waals surface area (Å²) in [4.78, 5) is 34.5. The van der Waals surface area contributed by atoms with Crippen molar-refractivity contribution in [1.29, 1.82) is 0 Å². The highest BCUT2D eigenvalue weighted by Gasteiger charge is 2.37. The van der Waals surface area contributed by atoms with Gasteiger partial charge in [-0.2, -0.15) is 0 Å². The summed E-state index contributed by atoms with van der Waals surface area (Å²) in [5.41, 5.74) is -0.787. The maximum atomic E-state index is 12.4. The minimum atomic E-state index is -1.53. The zero-order valence-corrected chi connectivity index (χ0v) is 13.2. The third-order valence-corrected chi connectivity index (χ3v) is 3.09. The molecule has 0 aliphatic carbocycles. The number of ketones is 1. The lowest BCUT2D eigenvalue weighted by Gasteiger charge is -2.30. The van der Waals surface area contributed by atoms with E-state index in [1.807, 2.05) is 20.8 Å². The number of aliphatic carboxylic acids is 2. The summed E-state index contributed by atoms with van der Waals surface area (Å²) in [6.07, 6.45) is 0.318. The number of carbonyl (C=O) groups excluding carboxylic acids is 1. The fraction of sp³-hybridized carbons (Fsp3) is 0.800. The molecule has 0 unspecified atom stereocenters. The molecule has 0 fully saturated rings. The molecule has 2 N–H and O–H groups in total. The summed E-state index contributed by atoms with van der Waals surface area (Å²) in [5, 5.41) is 18.0. The Kier molecular flexibility index (Phi) is 5.93. The van der Waals surface area contributed by atoms with Gasteiger partial charge in [-0.15, -0.1) is 0 Å². The van der Waals surface area contributed by atoms with Crippen LogP contribution in [0.25, 0.3) is 0 Å². The van der Waals surface area contributed by atoms with E-state index >= 15 is 0 Å². The summed E-state index contributed by atoms with van der Waals surface area (Å²) in [6.45, 7) is 11.1. The molecule has 0 aromatic rings. The second-order valence-corrected chi connectivity index (χ2v) is 7.54. The van der Waals surface area contributed by atoms with Crippen LogP contribution < -0.4 is 0 Å². The molecular formula is C15H26O5. The lowest BCUT2D eigenvalue weighted by molar-refractivity contribution is -0.155. The summed E-state index contributed by atoms with van der Waals surface area (Å²) in [7, 11) is 0. The SMILES string of the molecule is CC(C)(C)C[C@@H](CC(C(=O)O)C(=O)O)C(=O)C(C)(C)C.